The molecule has 3 aromatic rings. The molecule has 3 rings (SSSR count). The number of carbonyl (C=O) groups is 6. The number of thioether (sulfide) groups is 1. The van der Waals surface area contributed by atoms with Gasteiger partial charge in [-0.25, -0.2) is 0 Å². The lowest BCUT2D eigenvalue weighted by molar-refractivity contribution is -0.133. The molecule has 5 atom stereocenters. The van der Waals surface area contributed by atoms with Gasteiger partial charge in [0.2, 0.25) is 35.4 Å². The fraction of sp³-hybridized carbons (Fsp3) is 0.462. The minimum absolute atomic E-state index is 0.00630. The normalized spacial score (nSPS) is 13.7. The fourth-order valence-electron chi connectivity index (χ4n) is 6.02. The molecule has 0 bridgehead atoms. The number of aliphatic imine (C=N–C) groups is 1. The van der Waals surface area contributed by atoms with Crippen molar-refractivity contribution in [3.8, 4) is 0 Å². The largest absolute Gasteiger partial charge is 0.370 e. The zero-order valence-electron chi connectivity index (χ0n) is 32.7. The van der Waals surface area contributed by atoms with Crippen LogP contribution in [0, 0.1) is 5.92 Å². The first-order valence-electron chi connectivity index (χ1n) is 18.8. The molecule has 0 saturated heterocycles. The van der Waals surface area contributed by atoms with E-state index in [4.69, 9.17) is 22.9 Å². The molecule has 0 aliphatic carbocycles. The number of primary amides is 1. The molecular weight excluding hydrogens is 751 g/mol. The van der Waals surface area contributed by atoms with Gasteiger partial charge < -0.3 is 54.5 Å². The average Bonchev–Trinajstić information content (AvgIpc) is 3.58. The van der Waals surface area contributed by atoms with Crippen molar-refractivity contribution in [2.45, 2.75) is 82.6 Å². The van der Waals surface area contributed by atoms with Crippen molar-refractivity contribution in [3.05, 3.63) is 71.9 Å². The number of rotatable bonds is 24. The Labute approximate surface area is 337 Å². The van der Waals surface area contributed by atoms with Crippen LogP contribution in [0.2, 0.25) is 0 Å². The van der Waals surface area contributed by atoms with E-state index >= 15 is 0 Å². The summed E-state index contributed by atoms with van der Waals surface area (Å²) in [5.74, 6) is -3.31. The van der Waals surface area contributed by atoms with Crippen LogP contribution >= 0.6 is 11.8 Å². The first-order valence-corrected chi connectivity index (χ1v) is 20.2. The second kappa shape index (κ2) is 23.4. The van der Waals surface area contributed by atoms with Gasteiger partial charge in [-0.3, -0.25) is 33.8 Å². The van der Waals surface area contributed by atoms with Crippen LogP contribution in [0.4, 0.5) is 0 Å². The third-order valence-electron chi connectivity index (χ3n) is 9.00. The first-order chi connectivity index (χ1) is 27.2. The molecule has 1 aromatic heterocycles. The Morgan fingerprint density at radius 1 is 0.754 bits per heavy atom. The van der Waals surface area contributed by atoms with Crippen LogP contribution in [-0.2, 0) is 41.6 Å². The van der Waals surface area contributed by atoms with Crippen LogP contribution in [-0.4, -0.2) is 102 Å². The molecule has 0 unspecified atom stereocenters. The highest BCUT2D eigenvalue weighted by atomic mass is 32.2. The van der Waals surface area contributed by atoms with Gasteiger partial charge >= 0.3 is 0 Å². The molecule has 18 heteroatoms. The van der Waals surface area contributed by atoms with Gasteiger partial charge in [0.25, 0.3) is 0 Å². The lowest BCUT2D eigenvalue weighted by Crippen LogP contribution is -2.58. The zero-order valence-corrected chi connectivity index (χ0v) is 33.5. The summed E-state index contributed by atoms with van der Waals surface area (Å²) >= 11 is 1.50. The standard InChI is InChI=1S/C39H57N11O6S/c1-23(2)18-30(37(55)48-29(34(41)52)15-17-57-3)47-33(51)22-46-36(54)32(20-25-21-45-28-14-8-7-12-26(25)28)50-38(56)31(19-24-10-5-4-6-11-24)49-35(53)27(40)13-9-16-44-39(42)43/h4-8,10-12,14,21,23,27,29-32,45H,9,13,15-20,22,40H2,1-3H3,(H2,41,52)(H,46,54)(H,47,51)(H,48,55)(H,49,53)(H,50,56)(H4,42,43,44)/t27-,29-,30-,31-,32-/m0/s1. The zero-order chi connectivity index (χ0) is 41.9. The van der Waals surface area contributed by atoms with E-state index < -0.39 is 72.2 Å². The molecule has 0 saturated carbocycles. The van der Waals surface area contributed by atoms with Gasteiger partial charge in [-0.2, -0.15) is 11.8 Å². The molecular formula is C39H57N11O6S. The monoisotopic (exact) mass is 807 g/mol. The topological polar surface area (TPSA) is 295 Å². The van der Waals surface area contributed by atoms with Crippen LogP contribution in [0.5, 0.6) is 0 Å². The highest BCUT2D eigenvalue weighted by molar-refractivity contribution is 7.98. The number of amides is 6. The lowest BCUT2D eigenvalue weighted by Gasteiger charge is -2.25. The molecule has 0 spiro atoms. The number of para-hydroxylation sites is 1. The van der Waals surface area contributed by atoms with Crippen molar-refractivity contribution in [2.75, 3.05) is 25.1 Å². The van der Waals surface area contributed by atoms with E-state index in [0.717, 1.165) is 22.0 Å². The number of nitrogens with two attached hydrogens (primary N) is 4. The number of aromatic amines is 1. The molecule has 0 fully saturated rings. The molecule has 6 amide bonds. The molecule has 0 aliphatic heterocycles. The number of nitrogens with zero attached hydrogens (tertiary/aromatic N) is 1. The molecule has 14 N–H and O–H groups in total. The summed E-state index contributed by atoms with van der Waals surface area (Å²) in [7, 11) is 0. The minimum Gasteiger partial charge on any atom is -0.370 e. The maximum absolute atomic E-state index is 14.1. The minimum atomic E-state index is -1.20. The number of hydrogen-bond donors (Lipinski definition) is 10. The van der Waals surface area contributed by atoms with E-state index in [-0.39, 0.29) is 44.1 Å². The number of hydrogen-bond acceptors (Lipinski definition) is 9. The van der Waals surface area contributed by atoms with Crippen molar-refractivity contribution in [3.63, 3.8) is 0 Å². The number of fused-ring (bicyclic) bond motifs is 1. The predicted molar refractivity (Wildman–Crippen MR) is 222 cm³/mol. The van der Waals surface area contributed by atoms with Gasteiger partial charge in [0.15, 0.2) is 5.96 Å². The summed E-state index contributed by atoms with van der Waals surface area (Å²) in [4.78, 5) is 86.7. The summed E-state index contributed by atoms with van der Waals surface area (Å²) in [6.07, 6.45) is 4.99. The van der Waals surface area contributed by atoms with Crippen molar-refractivity contribution in [1.82, 2.24) is 31.6 Å². The molecule has 0 radical (unpaired) electrons. The summed E-state index contributed by atoms with van der Waals surface area (Å²) < 4.78 is 0. The SMILES string of the molecule is CSCC[C@H](NC(=O)[C@H](CC(C)C)NC(=O)CNC(=O)[C@H](Cc1c[nH]c2ccccc12)NC(=O)[C@H](Cc1ccccc1)NC(=O)[C@@H](N)CCCN=C(N)N)C(N)=O. The van der Waals surface area contributed by atoms with Crippen molar-refractivity contribution >= 4 is 64.1 Å². The third kappa shape index (κ3) is 15.8. The molecule has 0 aliphatic rings. The van der Waals surface area contributed by atoms with Crippen molar-refractivity contribution in [2.24, 2.45) is 33.8 Å². The number of H-pyrrole nitrogens is 1. The highest BCUT2D eigenvalue weighted by Crippen LogP contribution is 2.19. The number of carbonyl (C=O) groups excluding carboxylic acids is 6. The smallest absolute Gasteiger partial charge is 0.243 e. The fourth-order valence-corrected chi connectivity index (χ4v) is 6.49. The van der Waals surface area contributed by atoms with Crippen LogP contribution in [0.3, 0.4) is 0 Å². The van der Waals surface area contributed by atoms with Gasteiger partial charge in [0.1, 0.15) is 24.2 Å². The second-order valence-electron chi connectivity index (χ2n) is 14.1. The molecule has 310 valence electrons. The van der Waals surface area contributed by atoms with E-state index in [2.05, 4.69) is 36.6 Å². The summed E-state index contributed by atoms with van der Waals surface area (Å²) in [5.41, 5.74) is 24.7. The molecule has 17 nitrogen and oxygen atoms in total. The summed E-state index contributed by atoms with van der Waals surface area (Å²) in [5, 5.41) is 14.3. The predicted octanol–water partition coefficient (Wildman–Crippen LogP) is -0.326. The van der Waals surface area contributed by atoms with Crippen LogP contribution in [0.1, 0.15) is 50.7 Å². The van der Waals surface area contributed by atoms with Gasteiger partial charge in [0, 0.05) is 36.5 Å². The summed E-state index contributed by atoms with van der Waals surface area (Å²) in [6.45, 7) is 3.51. The second-order valence-corrected chi connectivity index (χ2v) is 15.1. The maximum atomic E-state index is 14.1. The van der Waals surface area contributed by atoms with E-state index in [0.29, 0.717) is 18.6 Å². The number of guanidine groups is 1. The maximum Gasteiger partial charge on any atom is 0.243 e. The van der Waals surface area contributed by atoms with Crippen molar-refractivity contribution < 1.29 is 28.8 Å². The van der Waals surface area contributed by atoms with Gasteiger partial charge in [-0.15, -0.1) is 0 Å². The van der Waals surface area contributed by atoms with E-state index in [9.17, 15) is 28.8 Å². The Hall–Kier alpha value is -5.62. The Bertz CT molecular complexity index is 1830. The number of nitrogens with one attached hydrogen (secondary N) is 6. The molecule has 57 heavy (non-hydrogen) atoms. The number of aromatic nitrogens is 1. The Morgan fingerprint density at radius 2 is 1.39 bits per heavy atom. The Balaban J connectivity index is 1.80. The van der Waals surface area contributed by atoms with Gasteiger partial charge in [-0.1, -0.05) is 62.4 Å². The first kappa shape index (κ1) is 45.8. The average molecular weight is 808 g/mol. The highest BCUT2D eigenvalue weighted by Gasteiger charge is 2.30. The van der Waals surface area contributed by atoms with Gasteiger partial charge in [0.05, 0.1) is 12.6 Å². The Morgan fingerprint density at radius 3 is 2.05 bits per heavy atom. The molecule has 2 aromatic carbocycles. The van der Waals surface area contributed by atoms with Crippen molar-refractivity contribution in [1.29, 1.82) is 0 Å². The third-order valence-corrected chi connectivity index (χ3v) is 9.65. The van der Waals surface area contributed by atoms with Crippen LogP contribution in [0.15, 0.2) is 65.8 Å². The number of benzene rings is 2. The Kier molecular flexibility index (Phi) is 18.8. The van der Waals surface area contributed by atoms with E-state index in [1.807, 2.05) is 62.6 Å². The quantitative estimate of drug-likeness (QED) is 0.0320. The van der Waals surface area contributed by atoms with E-state index in [1.165, 1.54) is 11.8 Å². The van der Waals surface area contributed by atoms with Crippen LogP contribution < -0.4 is 49.5 Å². The lowest BCUT2D eigenvalue weighted by atomic mass is 10.0. The van der Waals surface area contributed by atoms with Crippen LogP contribution in [0.25, 0.3) is 10.9 Å². The van der Waals surface area contributed by atoms with Gasteiger partial charge in [-0.05, 0) is 60.8 Å². The summed E-state index contributed by atoms with van der Waals surface area (Å²) in [6, 6.07) is 11.3. The van der Waals surface area contributed by atoms with E-state index in [1.54, 1.807) is 18.3 Å². The molecule has 1 heterocycles.